The van der Waals surface area contributed by atoms with Crippen molar-refractivity contribution >= 4 is 11.8 Å². The highest BCUT2D eigenvalue weighted by Gasteiger charge is 2.18. The maximum Gasteiger partial charge on any atom is 0.245 e. The Morgan fingerprint density at radius 2 is 1.71 bits per heavy atom. The van der Waals surface area contributed by atoms with Crippen LogP contribution in [0.4, 0.5) is 0 Å². The zero-order valence-corrected chi connectivity index (χ0v) is 12.6. The molecule has 6 heteroatoms. The highest BCUT2D eigenvalue weighted by molar-refractivity contribution is 5.86. The number of ether oxygens (including phenoxy) is 2. The minimum atomic E-state index is -0.680. The van der Waals surface area contributed by atoms with E-state index in [1.807, 2.05) is 24.3 Å². The maximum atomic E-state index is 12.0. The van der Waals surface area contributed by atoms with Gasteiger partial charge in [-0.2, -0.15) is 0 Å². The third-order valence-corrected chi connectivity index (χ3v) is 2.83. The van der Waals surface area contributed by atoms with E-state index in [1.165, 1.54) is 14.0 Å². The fourth-order valence-corrected chi connectivity index (χ4v) is 1.83. The smallest absolute Gasteiger partial charge is 0.245 e. The fraction of sp³-hybridized carbons (Fsp3) is 0.467. The molecule has 6 nitrogen and oxygen atoms in total. The second kappa shape index (κ2) is 9.10. The number of nitrogens with one attached hydrogen (secondary N) is 2. The Bertz CT molecular complexity index is 459. The minimum Gasteiger partial charge on any atom is -0.382 e. The average molecular weight is 294 g/mol. The Labute approximate surface area is 124 Å². The summed E-state index contributed by atoms with van der Waals surface area (Å²) >= 11 is 0. The molecule has 116 valence electrons. The fourth-order valence-electron chi connectivity index (χ4n) is 1.83. The van der Waals surface area contributed by atoms with Crippen LogP contribution < -0.4 is 10.6 Å². The Balaban J connectivity index is 2.51. The predicted octanol–water partition coefficient (Wildman–Crippen LogP) is 0.600. The lowest BCUT2D eigenvalue weighted by Crippen LogP contribution is -2.48. The highest BCUT2D eigenvalue weighted by Crippen LogP contribution is 2.05. The SMILES string of the molecule is COCc1ccc(CNC(=O)C(COC)NC(C)=O)cc1. The molecule has 0 saturated carbocycles. The van der Waals surface area contributed by atoms with E-state index in [4.69, 9.17) is 9.47 Å². The van der Waals surface area contributed by atoms with Gasteiger partial charge in [-0.25, -0.2) is 0 Å². The molecule has 0 saturated heterocycles. The van der Waals surface area contributed by atoms with Crippen molar-refractivity contribution in [2.24, 2.45) is 0 Å². The Morgan fingerprint density at radius 3 is 2.24 bits per heavy atom. The van der Waals surface area contributed by atoms with Gasteiger partial charge < -0.3 is 20.1 Å². The number of hydrogen-bond acceptors (Lipinski definition) is 4. The molecule has 0 aliphatic rings. The molecule has 2 N–H and O–H groups in total. The summed E-state index contributed by atoms with van der Waals surface area (Å²) in [4.78, 5) is 23.0. The largest absolute Gasteiger partial charge is 0.382 e. The van der Waals surface area contributed by atoms with E-state index in [0.29, 0.717) is 13.2 Å². The molecule has 1 aromatic carbocycles. The Hall–Kier alpha value is -1.92. The topological polar surface area (TPSA) is 76.7 Å². The van der Waals surface area contributed by atoms with Gasteiger partial charge in [-0.1, -0.05) is 24.3 Å². The normalized spacial score (nSPS) is 11.8. The Kier molecular flexibility index (Phi) is 7.42. The van der Waals surface area contributed by atoms with Crippen LogP contribution in [0.2, 0.25) is 0 Å². The van der Waals surface area contributed by atoms with Crippen molar-refractivity contribution in [2.75, 3.05) is 20.8 Å². The molecule has 0 radical (unpaired) electrons. The molecule has 1 atom stereocenters. The number of carbonyl (C=O) groups excluding carboxylic acids is 2. The summed E-state index contributed by atoms with van der Waals surface area (Å²) in [6, 6.07) is 7.08. The van der Waals surface area contributed by atoms with Crippen molar-refractivity contribution in [3.63, 3.8) is 0 Å². The average Bonchev–Trinajstić information content (AvgIpc) is 2.45. The number of hydrogen-bond donors (Lipinski definition) is 2. The molecule has 0 bridgehead atoms. The number of carbonyl (C=O) groups is 2. The van der Waals surface area contributed by atoms with Gasteiger partial charge in [0.15, 0.2) is 0 Å². The molecule has 0 heterocycles. The number of methoxy groups -OCH3 is 2. The highest BCUT2D eigenvalue weighted by atomic mass is 16.5. The van der Waals surface area contributed by atoms with Crippen molar-refractivity contribution in [1.82, 2.24) is 10.6 Å². The van der Waals surface area contributed by atoms with E-state index in [0.717, 1.165) is 11.1 Å². The van der Waals surface area contributed by atoms with Crippen molar-refractivity contribution in [1.29, 1.82) is 0 Å². The van der Waals surface area contributed by atoms with Gasteiger partial charge in [0.25, 0.3) is 0 Å². The standard InChI is InChI=1S/C15H22N2O4/c1-11(18)17-14(10-21-3)15(19)16-8-12-4-6-13(7-5-12)9-20-2/h4-7,14H,8-10H2,1-3H3,(H,16,19)(H,17,18). The molecule has 0 aliphatic heterocycles. The quantitative estimate of drug-likeness (QED) is 0.736. The first-order valence-electron chi connectivity index (χ1n) is 6.67. The van der Waals surface area contributed by atoms with Crippen LogP contribution in [0.15, 0.2) is 24.3 Å². The lowest BCUT2D eigenvalue weighted by atomic mass is 10.1. The molecule has 0 spiro atoms. The van der Waals surface area contributed by atoms with E-state index in [2.05, 4.69) is 10.6 Å². The van der Waals surface area contributed by atoms with Crippen LogP contribution >= 0.6 is 0 Å². The van der Waals surface area contributed by atoms with Crippen molar-refractivity contribution in [3.05, 3.63) is 35.4 Å². The zero-order chi connectivity index (χ0) is 15.7. The summed E-state index contributed by atoms with van der Waals surface area (Å²) in [7, 11) is 3.13. The number of amides is 2. The maximum absolute atomic E-state index is 12.0. The first kappa shape index (κ1) is 17.1. The van der Waals surface area contributed by atoms with E-state index in [9.17, 15) is 9.59 Å². The van der Waals surface area contributed by atoms with Crippen LogP contribution in [0.1, 0.15) is 18.1 Å². The second-order valence-corrected chi connectivity index (χ2v) is 4.68. The lowest BCUT2D eigenvalue weighted by molar-refractivity contribution is -0.129. The van der Waals surface area contributed by atoms with Crippen molar-refractivity contribution in [2.45, 2.75) is 26.1 Å². The van der Waals surface area contributed by atoms with Crippen LogP contribution in [0.3, 0.4) is 0 Å². The molecule has 1 rings (SSSR count). The predicted molar refractivity (Wildman–Crippen MR) is 78.5 cm³/mol. The third-order valence-electron chi connectivity index (χ3n) is 2.83. The van der Waals surface area contributed by atoms with Gasteiger partial charge in [0.1, 0.15) is 6.04 Å². The zero-order valence-electron chi connectivity index (χ0n) is 12.6. The van der Waals surface area contributed by atoms with Gasteiger partial charge >= 0.3 is 0 Å². The van der Waals surface area contributed by atoms with Gasteiger partial charge in [-0.3, -0.25) is 9.59 Å². The molecule has 0 aliphatic carbocycles. The molecule has 2 amide bonds. The molecule has 21 heavy (non-hydrogen) atoms. The molecule has 0 fully saturated rings. The molecule has 1 unspecified atom stereocenters. The third kappa shape index (κ3) is 6.37. The summed E-state index contributed by atoms with van der Waals surface area (Å²) in [6.45, 7) is 2.46. The van der Waals surface area contributed by atoms with E-state index in [1.54, 1.807) is 7.11 Å². The lowest BCUT2D eigenvalue weighted by Gasteiger charge is -2.16. The molecular formula is C15H22N2O4. The van der Waals surface area contributed by atoms with Crippen LogP contribution in [0.5, 0.6) is 0 Å². The first-order valence-corrected chi connectivity index (χ1v) is 6.67. The van der Waals surface area contributed by atoms with Crippen LogP contribution in [-0.2, 0) is 32.2 Å². The number of rotatable bonds is 8. The van der Waals surface area contributed by atoms with E-state index in [-0.39, 0.29) is 18.4 Å². The summed E-state index contributed by atoms with van der Waals surface area (Å²) in [5.74, 6) is -0.538. The van der Waals surface area contributed by atoms with Gasteiger partial charge in [0, 0.05) is 27.7 Å². The summed E-state index contributed by atoms with van der Waals surface area (Å²) in [5, 5.41) is 5.33. The summed E-state index contributed by atoms with van der Waals surface area (Å²) in [6.07, 6.45) is 0. The molecular weight excluding hydrogens is 272 g/mol. The summed E-state index contributed by atoms with van der Waals surface area (Å²) < 4.78 is 9.97. The number of benzene rings is 1. The van der Waals surface area contributed by atoms with Gasteiger partial charge in [0.2, 0.25) is 11.8 Å². The van der Waals surface area contributed by atoms with Crippen LogP contribution in [0, 0.1) is 0 Å². The first-order chi connectivity index (χ1) is 10.1. The van der Waals surface area contributed by atoms with Crippen LogP contribution in [-0.4, -0.2) is 38.7 Å². The van der Waals surface area contributed by atoms with Crippen molar-refractivity contribution in [3.8, 4) is 0 Å². The van der Waals surface area contributed by atoms with Crippen LogP contribution in [0.25, 0.3) is 0 Å². The van der Waals surface area contributed by atoms with Gasteiger partial charge in [0.05, 0.1) is 13.2 Å². The monoisotopic (exact) mass is 294 g/mol. The van der Waals surface area contributed by atoms with Gasteiger partial charge in [-0.05, 0) is 11.1 Å². The molecule has 0 aromatic heterocycles. The summed E-state index contributed by atoms with van der Waals surface area (Å²) in [5.41, 5.74) is 2.05. The van der Waals surface area contributed by atoms with Gasteiger partial charge in [-0.15, -0.1) is 0 Å². The molecule has 1 aromatic rings. The van der Waals surface area contributed by atoms with E-state index < -0.39 is 6.04 Å². The van der Waals surface area contributed by atoms with Crippen molar-refractivity contribution < 1.29 is 19.1 Å². The Morgan fingerprint density at radius 1 is 1.10 bits per heavy atom. The minimum absolute atomic E-state index is 0.137. The second-order valence-electron chi connectivity index (χ2n) is 4.68. The van der Waals surface area contributed by atoms with E-state index >= 15 is 0 Å².